The van der Waals surface area contributed by atoms with E-state index in [0.29, 0.717) is 19.9 Å². The second kappa shape index (κ2) is 5.51. The summed E-state index contributed by atoms with van der Waals surface area (Å²) in [5.74, 6) is 0. The average molecular weight is 348 g/mol. The number of aryl methyl sites for hydroxylation is 1. The SMILES string of the molecule is Cn1nccc1-c1c(Cl)sc(N(C(=O)O)C(C)(C)C)c1Cl. The van der Waals surface area contributed by atoms with Gasteiger partial charge in [0.15, 0.2) is 0 Å². The topological polar surface area (TPSA) is 58.4 Å². The van der Waals surface area contributed by atoms with Gasteiger partial charge >= 0.3 is 6.09 Å². The molecular formula is C13H15Cl2N3O2S. The maximum Gasteiger partial charge on any atom is 0.412 e. The van der Waals surface area contributed by atoms with Crippen LogP contribution in [0.15, 0.2) is 12.3 Å². The highest BCUT2D eigenvalue weighted by Crippen LogP contribution is 2.49. The minimum absolute atomic E-state index is 0.325. The van der Waals surface area contributed by atoms with Crippen molar-refractivity contribution < 1.29 is 9.90 Å². The summed E-state index contributed by atoms with van der Waals surface area (Å²) in [5.41, 5.74) is 0.716. The molecule has 0 saturated heterocycles. The molecule has 0 aliphatic heterocycles. The number of carbonyl (C=O) groups is 1. The van der Waals surface area contributed by atoms with Gasteiger partial charge in [0, 0.05) is 18.8 Å². The fourth-order valence-corrected chi connectivity index (χ4v) is 4.05. The number of halogens is 2. The van der Waals surface area contributed by atoms with Gasteiger partial charge in [-0.1, -0.05) is 23.2 Å². The van der Waals surface area contributed by atoms with Gasteiger partial charge in [-0.3, -0.25) is 9.58 Å². The summed E-state index contributed by atoms with van der Waals surface area (Å²) in [4.78, 5) is 12.8. The van der Waals surface area contributed by atoms with Gasteiger partial charge in [0.05, 0.1) is 16.3 Å². The number of hydrogen-bond acceptors (Lipinski definition) is 3. The largest absolute Gasteiger partial charge is 0.465 e. The molecule has 2 rings (SSSR count). The first kappa shape index (κ1) is 16.1. The van der Waals surface area contributed by atoms with Gasteiger partial charge in [-0.05, 0) is 26.8 Å². The molecule has 2 aromatic heterocycles. The molecule has 2 aromatic rings. The van der Waals surface area contributed by atoms with Crippen LogP contribution in [0.4, 0.5) is 9.80 Å². The zero-order valence-electron chi connectivity index (χ0n) is 12.0. The van der Waals surface area contributed by atoms with Crippen molar-refractivity contribution in [1.82, 2.24) is 9.78 Å². The van der Waals surface area contributed by atoms with Crippen LogP contribution in [-0.2, 0) is 7.05 Å². The summed E-state index contributed by atoms with van der Waals surface area (Å²) in [5, 5.41) is 14.3. The molecule has 8 heteroatoms. The minimum Gasteiger partial charge on any atom is -0.465 e. The molecule has 0 unspecified atom stereocenters. The third kappa shape index (κ3) is 2.88. The van der Waals surface area contributed by atoms with E-state index >= 15 is 0 Å². The van der Waals surface area contributed by atoms with E-state index in [9.17, 15) is 9.90 Å². The van der Waals surface area contributed by atoms with Crippen molar-refractivity contribution in [2.45, 2.75) is 26.3 Å². The molecule has 0 aliphatic rings. The molecule has 0 aliphatic carbocycles. The van der Waals surface area contributed by atoms with Crippen LogP contribution >= 0.6 is 34.5 Å². The molecule has 0 radical (unpaired) electrons. The number of anilines is 1. The first-order chi connectivity index (χ1) is 9.64. The lowest BCUT2D eigenvalue weighted by Crippen LogP contribution is -2.44. The Bertz CT molecular complexity index is 688. The molecule has 114 valence electrons. The third-order valence-electron chi connectivity index (χ3n) is 2.93. The van der Waals surface area contributed by atoms with Gasteiger partial charge in [0.25, 0.3) is 0 Å². The fraction of sp³-hybridized carbons (Fsp3) is 0.385. The van der Waals surface area contributed by atoms with Crippen molar-refractivity contribution in [1.29, 1.82) is 0 Å². The molecule has 21 heavy (non-hydrogen) atoms. The highest BCUT2D eigenvalue weighted by Gasteiger charge is 2.33. The van der Waals surface area contributed by atoms with Crippen LogP contribution < -0.4 is 4.90 Å². The van der Waals surface area contributed by atoms with E-state index in [1.807, 2.05) is 0 Å². The van der Waals surface area contributed by atoms with Gasteiger partial charge in [0.2, 0.25) is 0 Å². The monoisotopic (exact) mass is 347 g/mol. The van der Waals surface area contributed by atoms with Crippen molar-refractivity contribution in [3.8, 4) is 11.3 Å². The number of amides is 1. The number of hydrogen-bond donors (Lipinski definition) is 1. The molecule has 0 fully saturated rings. The van der Waals surface area contributed by atoms with E-state index in [2.05, 4.69) is 5.10 Å². The van der Waals surface area contributed by atoms with Crippen molar-refractivity contribution >= 4 is 45.6 Å². The third-order valence-corrected chi connectivity index (χ3v) is 4.80. The summed E-state index contributed by atoms with van der Waals surface area (Å²) >= 11 is 13.9. The fourth-order valence-electron chi connectivity index (χ4n) is 2.03. The van der Waals surface area contributed by atoms with Gasteiger partial charge in [0.1, 0.15) is 9.34 Å². The molecular weight excluding hydrogens is 333 g/mol. The minimum atomic E-state index is -1.07. The van der Waals surface area contributed by atoms with E-state index in [0.717, 1.165) is 17.0 Å². The van der Waals surface area contributed by atoms with Crippen molar-refractivity contribution in [2.75, 3.05) is 4.90 Å². The average Bonchev–Trinajstić information content (AvgIpc) is 2.82. The quantitative estimate of drug-likeness (QED) is 0.853. The van der Waals surface area contributed by atoms with E-state index in [4.69, 9.17) is 23.2 Å². The number of nitrogens with zero attached hydrogens (tertiary/aromatic N) is 3. The Balaban J connectivity index is 2.64. The zero-order valence-corrected chi connectivity index (χ0v) is 14.3. The molecule has 5 nitrogen and oxygen atoms in total. The van der Waals surface area contributed by atoms with Crippen molar-refractivity contribution in [2.24, 2.45) is 7.05 Å². The number of thiophene rings is 1. The van der Waals surface area contributed by atoms with Crippen LogP contribution in [0.1, 0.15) is 20.8 Å². The van der Waals surface area contributed by atoms with E-state index < -0.39 is 11.6 Å². The summed E-state index contributed by atoms with van der Waals surface area (Å²) in [6.07, 6.45) is 0.566. The van der Waals surface area contributed by atoms with E-state index in [-0.39, 0.29) is 0 Å². The highest BCUT2D eigenvalue weighted by molar-refractivity contribution is 7.21. The molecule has 2 heterocycles. The molecule has 0 spiro atoms. The first-order valence-electron chi connectivity index (χ1n) is 6.14. The lowest BCUT2D eigenvalue weighted by atomic mass is 10.1. The lowest BCUT2D eigenvalue weighted by Gasteiger charge is -2.32. The Morgan fingerprint density at radius 2 is 2.05 bits per heavy atom. The number of rotatable bonds is 2. The Kier molecular flexibility index (Phi) is 4.24. The summed E-state index contributed by atoms with van der Waals surface area (Å²) < 4.78 is 2.08. The van der Waals surface area contributed by atoms with E-state index in [1.54, 1.807) is 44.8 Å². The Morgan fingerprint density at radius 3 is 2.48 bits per heavy atom. The van der Waals surface area contributed by atoms with E-state index in [1.165, 1.54) is 4.90 Å². The second-order valence-electron chi connectivity index (χ2n) is 5.50. The van der Waals surface area contributed by atoms with Crippen LogP contribution in [0.2, 0.25) is 9.36 Å². The lowest BCUT2D eigenvalue weighted by molar-refractivity contribution is 0.196. The summed E-state index contributed by atoms with van der Waals surface area (Å²) in [7, 11) is 1.78. The van der Waals surface area contributed by atoms with Gasteiger partial charge in [-0.15, -0.1) is 11.3 Å². The maximum atomic E-state index is 11.6. The van der Waals surface area contributed by atoms with Crippen LogP contribution in [0, 0.1) is 0 Å². The standard InChI is InChI=1S/C13H15Cl2N3O2S/c1-13(2,3)18(12(19)20)11-9(14)8(10(15)21-11)7-5-6-16-17(7)4/h5-6H,1-4H3,(H,19,20). The van der Waals surface area contributed by atoms with Crippen LogP contribution in [0.3, 0.4) is 0 Å². The van der Waals surface area contributed by atoms with Crippen molar-refractivity contribution in [3.05, 3.63) is 21.6 Å². The summed E-state index contributed by atoms with van der Waals surface area (Å²) in [6.45, 7) is 5.40. The molecule has 0 bridgehead atoms. The van der Waals surface area contributed by atoms with Crippen molar-refractivity contribution in [3.63, 3.8) is 0 Å². The predicted molar refractivity (Wildman–Crippen MR) is 86.8 cm³/mol. The maximum absolute atomic E-state index is 11.6. The van der Waals surface area contributed by atoms with Gasteiger partial charge in [-0.25, -0.2) is 4.79 Å². The highest BCUT2D eigenvalue weighted by atomic mass is 35.5. The van der Waals surface area contributed by atoms with Gasteiger partial charge < -0.3 is 5.11 Å². The molecule has 1 amide bonds. The summed E-state index contributed by atoms with van der Waals surface area (Å²) in [6, 6.07) is 1.78. The zero-order chi connectivity index (χ0) is 15.9. The molecule has 0 aromatic carbocycles. The Hall–Kier alpha value is -1.24. The predicted octanol–water partition coefficient (Wildman–Crippen LogP) is 4.74. The molecule has 1 N–H and O–H groups in total. The second-order valence-corrected chi connectivity index (χ2v) is 7.48. The van der Waals surface area contributed by atoms with Crippen LogP contribution in [0.25, 0.3) is 11.3 Å². The first-order valence-corrected chi connectivity index (χ1v) is 7.71. The molecule has 0 atom stereocenters. The Labute approximate surface area is 136 Å². The van der Waals surface area contributed by atoms with Gasteiger partial charge in [-0.2, -0.15) is 5.10 Å². The number of aromatic nitrogens is 2. The molecule has 0 saturated carbocycles. The smallest absolute Gasteiger partial charge is 0.412 e. The number of carboxylic acid groups (broad SMARTS) is 1. The Morgan fingerprint density at radius 1 is 1.43 bits per heavy atom. The normalized spacial score (nSPS) is 11.7. The van der Waals surface area contributed by atoms with Crippen LogP contribution in [0.5, 0.6) is 0 Å². The van der Waals surface area contributed by atoms with Crippen LogP contribution in [-0.4, -0.2) is 26.5 Å².